The van der Waals surface area contributed by atoms with Crippen LogP contribution in [-0.2, 0) is 0 Å². The summed E-state index contributed by atoms with van der Waals surface area (Å²) in [5.41, 5.74) is 2.67. The number of nitrogens with zero attached hydrogens (tertiary/aromatic N) is 3. The van der Waals surface area contributed by atoms with Gasteiger partial charge in [0.15, 0.2) is 11.5 Å². The number of benzene rings is 1. The van der Waals surface area contributed by atoms with E-state index in [1.807, 2.05) is 41.9 Å². The molecule has 19 heavy (non-hydrogen) atoms. The quantitative estimate of drug-likeness (QED) is 0.762. The van der Waals surface area contributed by atoms with E-state index in [0.29, 0.717) is 5.82 Å². The molecule has 2 aromatic heterocycles. The molecule has 6 heteroatoms. The lowest BCUT2D eigenvalue weighted by molar-refractivity contribution is 1.10. The predicted octanol–water partition coefficient (Wildman–Crippen LogP) is 4.20. The fourth-order valence-electron chi connectivity index (χ4n) is 1.86. The molecule has 0 unspecified atom stereocenters. The zero-order valence-electron chi connectivity index (χ0n) is 10.1. The standard InChI is InChI=1S/C13H10BrClN4/c1-8-9(15)3-2-4-10(8)17-12-13-16-5-6-19(13)7-11(14)18-12/h2-7H,1H3,(H,17,18). The Balaban J connectivity index is 2.10. The first-order chi connectivity index (χ1) is 9.15. The van der Waals surface area contributed by atoms with Gasteiger partial charge < -0.3 is 9.72 Å². The Kier molecular flexibility index (Phi) is 3.16. The SMILES string of the molecule is Cc1c(Cl)cccc1Nc1nc(Br)cn2ccnc12. The van der Waals surface area contributed by atoms with Crippen molar-refractivity contribution in [2.75, 3.05) is 5.32 Å². The van der Waals surface area contributed by atoms with Gasteiger partial charge in [0.05, 0.1) is 0 Å². The van der Waals surface area contributed by atoms with Gasteiger partial charge in [-0.2, -0.15) is 0 Å². The van der Waals surface area contributed by atoms with Crippen LogP contribution in [-0.4, -0.2) is 14.4 Å². The molecule has 1 aromatic carbocycles. The third kappa shape index (κ3) is 2.31. The van der Waals surface area contributed by atoms with Crippen LogP contribution in [0.2, 0.25) is 5.02 Å². The van der Waals surface area contributed by atoms with Crippen LogP contribution in [0.25, 0.3) is 5.65 Å². The van der Waals surface area contributed by atoms with Crippen molar-refractivity contribution in [1.82, 2.24) is 14.4 Å². The minimum atomic E-state index is 0.685. The first kappa shape index (κ1) is 12.4. The summed E-state index contributed by atoms with van der Waals surface area (Å²) in [7, 11) is 0. The highest BCUT2D eigenvalue weighted by atomic mass is 79.9. The van der Waals surface area contributed by atoms with Crippen LogP contribution in [0.5, 0.6) is 0 Å². The highest BCUT2D eigenvalue weighted by molar-refractivity contribution is 9.10. The van der Waals surface area contributed by atoms with E-state index in [2.05, 4.69) is 31.2 Å². The molecule has 4 nitrogen and oxygen atoms in total. The molecule has 3 aromatic rings. The smallest absolute Gasteiger partial charge is 0.180 e. The van der Waals surface area contributed by atoms with E-state index in [4.69, 9.17) is 11.6 Å². The Hall–Kier alpha value is -1.59. The van der Waals surface area contributed by atoms with Crippen LogP contribution in [0.3, 0.4) is 0 Å². The molecular formula is C13H10BrClN4. The van der Waals surface area contributed by atoms with Crippen LogP contribution < -0.4 is 5.32 Å². The molecule has 0 aliphatic carbocycles. The number of aromatic nitrogens is 3. The van der Waals surface area contributed by atoms with E-state index >= 15 is 0 Å². The number of imidazole rings is 1. The van der Waals surface area contributed by atoms with Crippen LogP contribution in [0.4, 0.5) is 11.5 Å². The molecule has 0 saturated carbocycles. The first-order valence-corrected chi connectivity index (χ1v) is 6.83. The maximum absolute atomic E-state index is 6.12. The van der Waals surface area contributed by atoms with Gasteiger partial charge in [-0.1, -0.05) is 17.7 Å². The largest absolute Gasteiger partial charge is 0.337 e. The Labute approximate surface area is 123 Å². The molecule has 96 valence electrons. The number of nitrogens with one attached hydrogen (secondary N) is 1. The Morgan fingerprint density at radius 1 is 1.37 bits per heavy atom. The Bertz CT molecular complexity index is 753. The molecule has 0 fully saturated rings. The number of anilines is 2. The summed E-state index contributed by atoms with van der Waals surface area (Å²) in [5.74, 6) is 0.685. The summed E-state index contributed by atoms with van der Waals surface area (Å²) >= 11 is 9.51. The van der Waals surface area contributed by atoms with Gasteiger partial charge in [-0.3, -0.25) is 0 Å². The van der Waals surface area contributed by atoms with E-state index in [0.717, 1.165) is 26.5 Å². The van der Waals surface area contributed by atoms with Crippen molar-refractivity contribution in [3.63, 3.8) is 0 Å². The zero-order chi connectivity index (χ0) is 13.4. The van der Waals surface area contributed by atoms with Gasteiger partial charge in [-0.15, -0.1) is 0 Å². The van der Waals surface area contributed by atoms with Gasteiger partial charge in [0.25, 0.3) is 0 Å². The summed E-state index contributed by atoms with van der Waals surface area (Å²) in [5, 5.41) is 4.00. The Morgan fingerprint density at radius 3 is 3.05 bits per heavy atom. The van der Waals surface area contributed by atoms with E-state index in [-0.39, 0.29) is 0 Å². The molecule has 1 N–H and O–H groups in total. The van der Waals surface area contributed by atoms with Gasteiger partial charge in [0.2, 0.25) is 0 Å². The molecule has 0 aliphatic heterocycles. The lowest BCUT2D eigenvalue weighted by Crippen LogP contribution is -2.00. The average Bonchev–Trinajstić information content (AvgIpc) is 2.83. The molecule has 3 rings (SSSR count). The fraction of sp³-hybridized carbons (Fsp3) is 0.0769. The minimum Gasteiger partial charge on any atom is -0.337 e. The molecule has 2 heterocycles. The van der Waals surface area contributed by atoms with E-state index < -0.39 is 0 Å². The number of fused-ring (bicyclic) bond motifs is 1. The van der Waals surface area contributed by atoms with E-state index in [1.165, 1.54) is 0 Å². The third-order valence-corrected chi connectivity index (χ3v) is 3.66. The lowest BCUT2D eigenvalue weighted by atomic mass is 10.2. The van der Waals surface area contributed by atoms with Crippen molar-refractivity contribution in [1.29, 1.82) is 0 Å². The van der Waals surface area contributed by atoms with Gasteiger partial charge in [0, 0.05) is 29.3 Å². The maximum Gasteiger partial charge on any atom is 0.180 e. The topological polar surface area (TPSA) is 42.2 Å². The number of halogens is 2. The summed E-state index contributed by atoms with van der Waals surface area (Å²) in [6.45, 7) is 1.96. The summed E-state index contributed by atoms with van der Waals surface area (Å²) in [4.78, 5) is 8.71. The highest BCUT2D eigenvalue weighted by Gasteiger charge is 2.09. The van der Waals surface area contributed by atoms with Crippen LogP contribution in [0.1, 0.15) is 5.56 Å². The average molecular weight is 338 g/mol. The van der Waals surface area contributed by atoms with Crippen molar-refractivity contribution < 1.29 is 0 Å². The van der Waals surface area contributed by atoms with Gasteiger partial charge in [-0.05, 0) is 40.5 Å². The second kappa shape index (κ2) is 4.83. The molecule has 0 atom stereocenters. The Morgan fingerprint density at radius 2 is 2.21 bits per heavy atom. The van der Waals surface area contributed by atoms with Crippen molar-refractivity contribution in [3.05, 3.63) is 52.0 Å². The second-order valence-corrected chi connectivity index (χ2v) is 5.33. The normalized spacial score (nSPS) is 10.9. The molecule has 0 aliphatic rings. The first-order valence-electron chi connectivity index (χ1n) is 5.66. The molecule has 0 saturated heterocycles. The molecule has 0 radical (unpaired) electrons. The number of rotatable bonds is 2. The van der Waals surface area contributed by atoms with Crippen LogP contribution in [0, 0.1) is 6.92 Å². The summed E-state index contributed by atoms with van der Waals surface area (Å²) in [6, 6.07) is 5.73. The predicted molar refractivity (Wildman–Crippen MR) is 80.2 cm³/mol. The van der Waals surface area contributed by atoms with E-state index in [9.17, 15) is 0 Å². The maximum atomic E-state index is 6.12. The fourth-order valence-corrected chi connectivity index (χ4v) is 2.43. The summed E-state index contributed by atoms with van der Waals surface area (Å²) in [6.07, 6.45) is 5.47. The van der Waals surface area contributed by atoms with Gasteiger partial charge >= 0.3 is 0 Å². The van der Waals surface area contributed by atoms with Crippen molar-refractivity contribution >= 4 is 44.7 Å². The van der Waals surface area contributed by atoms with Crippen molar-refractivity contribution in [2.45, 2.75) is 6.92 Å². The van der Waals surface area contributed by atoms with Gasteiger partial charge in [0.1, 0.15) is 4.60 Å². The monoisotopic (exact) mass is 336 g/mol. The highest BCUT2D eigenvalue weighted by Crippen LogP contribution is 2.27. The van der Waals surface area contributed by atoms with Crippen molar-refractivity contribution in [2.24, 2.45) is 0 Å². The zero-order valence-corrected chi connectivity index (χ0v) is 12.4. The third-order valence-electron chi connectivity index (χ3n) is 2.87. The summed E-state index contributed by atoms with van der Waals surface area (Å²) < 4.78 is 2.64. The molecule has 0 spiro atoms. The lowest BCUT2D eigenvalue weighted by Gasteiger charge is -2.11. The van der Waals surface area contributed by atoms with E-state index in [1.54, 1.807) is 6.20 Å². The number of hydrogen-bond donors (Lipinski definition) is 1. The molecule has 0 amide bonds. The van der Waals surface area contributed by atoms with Gasteiger partial charge in [-0.25, -0.2) is 9.97 Å². The van der Waals surface area contributed by atoms with Crippen molar-refractivity contribution in [3.8, 4) is 0 Å². The minimum absolute atomic E-state index is 0.685. The van der Waals surface area contributed by atoms with Crippen LogP contribution >= 0.6 is 27.5 Å². The molecular weight excluding hydrogens is 328 g/mol. The molecule has 0 bridgehead atoms. The number of hydrogen-bond acceptors (Lipinski definition) is 3. The second-order valence-electron chi connectivity index (χ2n) is 4.11. The van der Waals surface area contributed by atoms with Crippen LogP contribution in [0.15, 0.2) is 41.4 Å².